The van der Waals surface area contributed by atoms with Crippen LogP contribution in [0.25, 0.3) is 10.9 Å². The predicted molar refractivity (Wildman–Crippen MR) is 126 cm³/mol. The van der Waals surface area contributed by atoms with Crippen LogP contribution in [0.2, 0.25) is 0 Å². The first-order chi connectivity index (χ1) is 15.1. The predicted octanol–water partition coefficient (Wildman–Crippen LogP) is 3.15. The molecule has 4 rings (SSSR count). The molecule has 2 aromatic carbocycles. The van der Waals surface area contributed by atoms with Crippen LogP contribution in [0.15, 0.2) is 53.4 Å². The van der Waals surface area contributed by atoms with Gasteiger partial charge >= 0.3 is 5.97 Å². The fourth-order valence-electron chi connectivity index (χ4n) is 4.52. The first-order valence-electron chi connectivity index (χ1n) is 10.8. The van der Waals surface area contributed by atoms with Gasteiger partial charge in [-0.3, -0.25) is 9.28 Å². The van der Waals surface area contributed by atoms with Gasteiger partial charge in [-0.25, -0.2) is 13.1 Å². The number of rotatable bonds is 7. The van der Waals surface area contributed by atoms with E-state index < -0.39 is 16.0 Å². The van der Waals surface area contributed by atoms with Crippen LogP contribution >= 0.6 is 0 Å². The van der Waals surface area contributed by atoms with Gasteiger partial charge in [-0.05, 0) is 43.0 Å². The molecule has 0 spiro atoms. The normalized spacial score (nSPS) is 16.8. The third-order valence-electron chi connectivity index (χ3n) is 6.17. The number of fused-ring (bicyclic) bond motifs is 3. The highest BCUT2D eigenvalue weighted by atomic mass is 32.2. The molecule has 1 aromatic heterocycles. The van der Waals surface area contributed by atoms with Crippen LogP contribution in [-0.2, 0) is 34.2 Å². The summed E-state index contributed by atoms with van der Waals surface area (Å²) in [5.41, 5.74) is 4.28. The molecule has 170 valence electrons. The van der Waals surface area contributed by atoms with E-state index >= 15 is 0 Å². The third-order valence-corrected chi connectivity index (χ3v) is 7.70. The molecular weight excluding hydrogens is 426 g/mol. The highest BCUT2D eigenvalue weighted by molar-refractivity contribution is 7.89. The lowest BCUT2D eigenvalue weighted by atomic mass is 9.92. The van der Waals surface area contributed by atoms with E-state index in [0.29, 0.717) is 30.3 Å². The zero-order chi connectivity index (χ0) is 23.1. The van der Waals surface area contributed by atoms with Crippen molar-refractivity contribution in [2.24, 2.45) is 0 Å². The summed E-state index contributed by atoms with van der Waals surface area (Å²) in [6, 6.07) is 14.8. The molecule has 32 heavy (non-hydrogen) atoms. The van der Waals surface area contributed by atoms with E-state index in [1.807, 2.05) is 57.5 Å². The molecule has 0 fully saturated rings. The van der Waals surface area contributed by atoms with E-state index in [4.69, 9.17) is 5.11 Å². The zero-order valence-corrected chi connectivity index (χ0v) is 19.5. The highest BCUT2D eigenvalue weighted by Gasteiger charge is 2.29. The summed E-state index contributed by atoms with van der Waals surface area (Å²) in [6.07, 6.45) is 2.03. The van der Waals surface area contributed by atoms with Crippen LogP contribution in [0.3, 0.4) is 0 Å². The first kappa shape index (κ1) is 22.5. The number of hydrogen-bond acceptors (Lipinski definition) is 3. The number of para-hydroxylation sites is 1. The maximum absolute atomic E-state index is 13.0. The van der Waals surface area contributed by atoms with Crippen molar-refractivity contribution in [2.45, 2.75) is 43.2 Å². The zero-order valence-electron chi connectivity index (χ0n) is 18.7. The molecular formula is C24H30N3O4S+. The molecule has 2 N–H and O–H groups in total. The Morgan fingerprint density at radius 1 is 1.12 bits per heavy atom. The average molecular weight is 457 g/mol. The minimum Gasteiger partial charge on any atom is -0.481 e. The SMILES string of the molecule is C[N+](C)(C)c1ccc(S(=O)(=O)N[C@@H]2CCc3c(c4ccccc4n3CCC(=O)O)C2)cc1. The van der Waals surface area contributed by atoms with E-state index in [0.717, 1.165) is 27.8 Å². The number of aromatic nitrogens is 1. The molecule has 0 radical (unpaired) electrons. The van der Waals surface area contributed by atoms with E-state index in [1.165, 1.54) is 0 Å². The Labute approximate surface area is 188 Å². The van der Waals surface area contributed by atoms with Gasteiger partial charge in [-0.15, -0.1) is 0 Å². The van der Waals surface area contributed by atoms with E-state index in [9.17, 15) is 13.2 Å². The summed E-state index contributed by atoms with van der Waals surface area (Å²) in [7, 11) is 2.47. The molecule has 0 amide bonds. The van der Waals surface area contributed by atoms with Gasteiger partial charge in [0.1, 0.15) is 5.69 Å². The number of quaternary nitrogens is 1. The molecule has 8 heteroatoms. The largest absolute Gasteiger partial charge is 0.481 e. The standard InChI is InChI=1S/C24H29N3O4S/c1-27(2,3)18-9-11-19(12-10-18)32(30,31)25-17-8-13-23-21(16-17)20-6-4-5-7-22(20)26(23)15-14-24(28)29/h4-7,9-12,17,25H,8,13-16H2,1-3H3/p+1/t17-/m1/s1. The van der Waals surface area contributed by atoms with Crippen LogP contribution in [-0.4, -0.2) is 51.2 Å². The van der Waals surface area contributed by atoms with Crippen molar-refractivity contribution in [3.05, 3.63) is 59.8 Å². The van der Waals surface area contributed by atoms with Gasteiger partial charge in [0.15, 0.2) is 0 Å². The second kappa shape index (κ2) is 8.35. The fraction of sp³-hybridized carbons (Fsp3) is 0.375. The van der Waals surface area contributed by atoms with Gasteiger partial charge < -0.3 is 9.67 Å². The topological polar surface area (TPSA) is 88.4 Å². The minimum atomic E-state index is -3.63. The lowest BCUT2D eigenvalue weighted by Crippen LogP contribution is -2.39. The van der Waals surface area contributed by atoms with Crippen LogP contribution in [0.1, 0.15) is 24.1 Å². The number of nitrogens with one attached hydrogen (secondary N) is 1. The van der Waals surface area contributed by atoms with Crippen molar-refractivity contribution in [1.29, 1.82) is 0 Å². The first-order valence-corrected chi connectivity index (χ1v) is 12.3. The highest BCUT2D eigenvalue weighted by Crippen LogP contribution is 2.33. The van der Waals surface area contributed by atoms with Crippen molar-refractivity contribution < 1.29 is 18.3 Å². The summed E-state index contributed by atoms with van der Waals surface area (Å²) in [5, 5.41) is 10.2. The van der Waals surface area contributed by atoms with Gasteiger partial charge in [-0.2, -0.15) is 0 Å². The van der Waals surface area contributed by atoms with Crippen molar-refractivity contribution in [1.82, 2.24) is 13.8 Å². The van der Waals surface area contributed by atoms with E-state index in [1.54, 1.807) is 12.1 Å². The maximum Gasteiger partial charge on any atom is 0.305 e. The number of nitrogens with zero attached hydrogens (tertiary/aromatic N) is 2. The Kier molecular flexibility index (Phi) is 5.87. The fourth-order valence-corrected chi connectivity index (χ4v) is 5.79. The van der Waals surface area contributed by atoms with Crippen molar-refractivity contribution in [2.75, 3.05) is 21.1 Å². The van der Waals surface area contributed by atoms with Gasteiger partial charge in [-0.1, -0.05) is 18.2 Å². The monoisotopic (exact) mass is 456 g/mol. The number of carbonyl (C=O) groups is 1. The van der Waals surface area contributed by atoms with Gasteiger partial charge in [0.25, 0.3) is 0 Å². The van der Waals surface area contributed by atoms with E-state index in [2.05, 4.69) is 9.29 Å². The summed E-state index contributed by atoms with van der Waals surface area (Å²) < 4.78 is 31.7. The molecule has 3 aromatic rings. The second-order valence-corrected chi connectivity index (χ2v) is 11.0. The number of sulfonamides is 1. The van der Waals surface area contributed by atoms with Gasteiger partial charge in [0.2, 0.25) is 10.0 Å². The lowest BCUT2D eigenvalue weighted by Gasteiger charge is -2.25. The molecule has 0 saturated heterocycles. The number of benzene rings is 2. The molecule has 0 bridgehead atoms. The second-order valence-electron chi connectivity index (χ2n) is 9.31. The third kappa shape index (κ3) is 4.44. The van der Waals surface area contributed by atoms with Crippen LogP contribution in [0, 0.1) is 0 Å². The van der Waals surface area contributed by atoms with Gasteiger partial charge in [0, 0.05) is 41.3 Å². The summed E-state index contributed by atoms with van der Waals surface area (Å²) >= 11 is 0. The smallest absolute Gasteiger partial charge is 0.305 e. The number of aryl methyl sites for hydroxylation is 1. The number of carboxylic acids is 1. The van der Waals surface area contributed by atoms with Crippen molar-refractivity contribution in [3.8, 4) is 0 Å². The summed E-state index contributed by atoms with van der Waals surface area (Å²) in [4.78, 5) is 11.4. The molecule has 1 atom stereocenters. The lowest BCUT2D eigenvalue weighted by molar-refractivity contribution is -0.137. The van der Waals surface area contributed by atoms with Crippen LogP contribution in [0.4, 0.5) is 5.69 Å². The Morgan fingerprint density at radius 2 is 1.81 bits per heavy atom. The average Bonchev–Trinajstić information content (AvgIpc) is 3.04. The van der Waals surface area contributed by atoms with Crippen LogP contribution < -0.4 is 9.21 Å². The van der Waals surface area contributed by atoms with E-state index in [-0.39, 0.29) is 17.4 Å². The number of aliphatic carboxylic acids is 1. The molecule has 7 nitrogen and oxygen atoms in total. The van der Waals surface area contributed by atoms with Crippen LogP contribution in [0.5, 0.6) is 0 Å². The Bertz CT molecular complexity index is 1250. The number of hydrogen-bond donors (Lipinski definition) is 2. The molecule has 0 aliphatic heterocycles. The number of carboxylic acid groups (broad SMARTS) is 1. The summed E-state index contributed by atoms with van der Waals surface area (Å²) in [5.74, 6) is -0.825. The Morgan fingerprint density at radius 3 is 2.47 bits per heavy atom. The molecule has 1 aliphatic carbocycles. The van der Waals surface area contributed by atoms with Crippen molar-refractivity contribution >= 4 is 32.6 Å². The summed E-state index contributed by atoms with van der Waals surface area (Å²) in [6.45, 7) is 0.417. The van der Waals surface area contributed by atoms with Gasteiger partial charge in [0.05, 0.1) is 32.5 Å². The minimum absolute atomic E-state index is 0.0600. The molecule has 1 aliphatic rings. The Balaban J connectivity index is 1.58. The molecule has 1 heterocycles. The maximum atomic E-state index is 13.0. The van der Waals surface area contributed by atoms with Crippen molar-refractivity contribution in [3.63, 3.8) is 0 Å². The molecule has 0 unspecified atom stereocenters. The quantitative estimate of drug-likeness (QED) is 0.535. The Hall–Kier alpha value is -2.68. The molecule has 0 saturated carbocycles.